The van der Waals surface area contributed by atoms with Gasteiger partial charge in [0.1, 0.15) is 6.61 Å². The predicted molar refractivity (Wildman–Crippen MR) is 98.3 cm³/mol. The highest BCUT2D eigenvalue weighted by Crippen LogP contribution is 2.32. The molecule has 1 saturated heterocycles. The summed E-state index contributed by atoms with van der Waals surface area (Å²) in [6, 6.07) is 14.5. The van der Waals surface area contributed by atoms with Gasteiger partial charge in [-0.15, -0.1) is 0 Å². The maximum Gasteiger partial charge on any atom is 0.311 e. The van der Waals surface area contributed by atoms with Crippen molar-refractivity contribution in [1.82, 2.24) is 4.90 Å². The molecule has 1 fully saturated rings. The Kier molecular flexibility index (Phi) is 5.36. The molecule has 2 aromatic carbocycles. The zero-order valence-electron chi connectivity index (χ0n) is 14.6. The number of amides is 1. The largest absolute Gasteiger partial charge is 0.482 e. The van der Waals surface area contributed by atoms with E-state index in [9.17, 15) is 14.9 Å². The molecule has 0 unspecified atom stereocenters. The van der Waals surface area contributed by atoms with Gasteiger partial charge in [0.15, 0.2) is 5.75 Å². The Balaban J connectivity index is 1.76. The molecule has 0 aromatic heterocycles. The lowest BCUT2D eigenvalue weighted by molar-refractivity contribution is -0.385. The molecule has 1 amide bonds. The first-order valence-electron chi connectivity index (χ1n) is 8.50. The van der Waals surface area contributed by atoms with Crippen LogP contribution in [0.5, 0.6) is 5.75 Å². The second-order valence-corrected chi connectivity index (χ2v) is 6.18. The summed E-state index contributed by atoms with van der Waals surface area (Å²) in [6.07, 6.45) is 0. The van der Waals surface area contributed by atoms with E-state index in [2.05, 4.69) is 4.90 Å². The van der Waals surface area contributed by atoms with Gasteiger partial charge in [0.2, 0.25) is 5.91 Å². The average Bonchev–Trinajstić information content (AvgIpc) is 2.67. The van der Waals surface area contributed by atoms with Crippen molar-refractivity contribution in [2.24, 2.45) is 0 Å². The zero-order valence-corrected chi connectivity index (χ0v) is 14.6. The topological polar surface area (TPSA) is 75.9 Å². The number of hydrogen-bond donors (Lipinski definition) is 0. The van der Waals surface area contributed by atoms with Crippen LogP contribution in [-0.2, 0) is 11.4 Å². The van der Waals surface area contributed by atoms with Gasteiger partial charge in [-0.2, -0.15) is 0 Å². The summed E-state index contributed by atoms with van der Waals surface area (Å²) < 4.78 is 5.74. The Morgan fingerprint density at radius 1 is 1.12 bits per heavy atom. The van der Waals surface area contributed by atoms with Crippen LogP contribution in [-0.4, -0.2) is 41.9 Å². The SMILES string of the molecule is CC(=O)N1CCN(c2ccc([N+](=O)[O-])c(OCc3ccccc3)c2)CC1. The Morgan fingerprint density at radius 2 is 1.81 bits per heavy atom. The molecular formula is C19H21N3O4. The van der Waals surface area contributed by atoms with E-state index in [0.717, 1.165) is 11.3 Å². The van der Waals surface area contributed by atoms with Crippen molar-refractivity contribution >= 4 is 17.3 Å². The summed E-state index contributed by atoms with van der Waals surface area (Å²) in [6.45, 7) is 4.50. The minimum atomic E-state index is -0.433. The molecule has 0 N–H and O–H groups in total. The fourth-order valence-corrected chi connectivity index (χ4v) is 2.98. The number of carbonyl (C=O) groups excluding carboxylic acids is 1. The van der Waals surface area contributed by atoms with Gasteiger partial charge >= 0.3 is 5.69 Å². The molecule has 0 atom stereocenters. The Labute approximate surface area is 151 Å². The molecule has 7 heteroatoms. The van der Waals surface area contributed by atoms with Crippen molar-refractivity contribution in [1.29, 1.82) is 0 Å². The van der Waals surface area contributed by atoms with E-state index in [-0.39, 0.29) is 24.0 Å². The number of anilines is 1. The smallest absolute Gasteiger partial charge is 0.311 e. The van der Waals surface area contributed by atoms with Crippen LogP contribution in [0.4, 0.5) is 11.4 Å². The summed E-state index contributed by atoms with van der Waals surface area (Å²) >= 11 is 0. The fraction of sp³-hybridized carbons (Fsp3) is 0.316. The Morgan fingerprint density at radius 3 is 2.42 bits per heavy atom. The zero-order chi connectivity index (χ0) is 18.5. The molecule has 0 saturated carbocycles. The van der Waals surface area contributed by atoms with Crippen LogP contribution in [0, 0.1) is 10.1 Å². The van der Waals surface area contributed by atoms with Crippen LogP contribution >= 0.6 is 0 Å². The molecule has 26 heavy (non-hydrogen) atoms. The molecule has 0 spiro atoms. The van der Waals surface area contributed by atoms with Crippen LogP contribution in [0.25, 0.3) is 0 Å². The second kappa shape index (κ2) is 7.86. The number of rotatable bonds is 5. The Bertz CT molecular complexity index is 787. The van der Waals surface area contributed by atoms with Gasteiger partial charge in [0.05, 0.1) is 4.92 Å². The number of benzene rings is 2. The van der Waals surface area contributed by atoms with E-state index in [4.69, 9.17) is 4.74 Å². The number of ether oxygens (including phenoxy) is 1. The van der Waals surface area contributed by atoms with Gasteiger partial charge in [-0.3, -0.25) is 14.9 Å². The van der Waals surface area contributed by atoms with E-state index in [0.29, 0.717) is 26.2 Å². The third kappa shape index (κ3) is 4.11. The third-order valence-electron chi connectivity index (χ3n) is 4.47. The second-order valence-electron chi connectivity index (χ2n) is 6.18. The van der Waals surface area contributed by atoms with Crippen LogP contribution in [0.1, 0.15) is 12.5 Å². The first kappa shape index (κ1) is 17.7. The third-order valence-corrected chi connectivity index (χ3v) is 4.47. The Hall–Kier alpha value is -3.09. The first-order chi connectivity index (χ1) is 12.5. The van der Waals surface area contributed by atoms with E-state index >= 15 is 0 Å². The van der Waals surface area contributed by atoms with Gasteiger partial charge in [0.25, 0.3) is 0 Å². The van der Waals surface area contributed by atoms with Gasteiger partial charge in [-0.1, -0.05) is 30.3 Å². The van der Waals surface area contributed by atoms with E-state index in [1.165, 1.54) is 6.07 Å². The van der Waals surface area contributed by atoms with Crippen LogP contribution in [0.15, 0.2) is 48.5 Å². The number of hydrogen-bond acceptors (Lipinski definition) is 5. The quantitative estimate of drug-likeness (QED) is 0.609. The van der Waals surface area contributed by atoms with Gasteiger partial charge in [-0.05, 0) is 11.6 Å². The van der Waals surface area contributed by atoms with Crippen LogP contribution in [0.3, 0.4) is 0 Å². The van der Waals surface area contributed by atoms with Crippen LogP contribution in [0.2, 0.25) is 0 Å². The molecule has 136 valence electrons. The summed E-state index contributed by atoms with van der Waals surface area (Å²) in [5, 5.41) is 11.3. The summed E-state index contributed by atoms with van der Waals surface area (Å²) in [5.74, 6) is 0.325. The lowest BCUT2D eigenvalue weighted by atomic mass is 10.2. The molecular weight excluding hydrogens is 334 g/mol. The molecule has 1 aliphatic rings. The minimum absolute atomic E-state index is 0.0490. The highest BCUT2D eigenvalue weighted by Gasteiger charge is 2.22. The molecule has 7 nitrogen and oxygen atoms in total. The number of piperazine rings is 1. The predicted octanol–water partition coefficient (Wildman–Crippen LogP) is 2.84. The standard InChI is InChI=1S/C19H21N3O4/c1-15(23)20-9-11-21(12-10-20)17-7-8-18(22(24)25)19(13-17)26-14-16-5-3-2-4-6-16/h2-8,13H,9-12,14H2,1H3. The maximum absolute atomic E-state index is 11.4. The first-order valence-corrected chi connectivity index (χ1v) is 8.50. The van der Waals surface area contributed by atoms with E-state index in [1.807, 2.05) is 30.3 Å². The van der Waals surface area contributed by atoms with Crippen molar-refractivity contribution in [3.05, 3.63) is 64.2 Å². The van der Waals surface area contributed by atoms with Crippen LogP contribution < -0.4 is 9.64 Å². The number of nitro groups is 1. The van der Waals surface area contributed by atoms with E-state index < -0.39 is 4.92 Å². The maximum atomic E-state index is 11.4. The minimum Gasteiger partial charge on any atom is -0.482 e. The summed E-state index contributed by atoms with van der Waals surface area (Å²) in [5.41, 5.74) is 1.76. The van der Waals surface area contributed by atoms with Crippen molar-refractivity contribution in [2.45, 2.75) is 13.5 Å². The monoisotopic (exact) mass is 355 g/mol. The fourth-order valence-electron chi connectivity index (χ4n) is 2.98. The van der Waals surface area contributed by atoms with Crippen molar-refractivity contribution in [3.63, 3.8) is 0 Å². The summed E-state index contributed by atoms with van der Waals surface area (Å²) in [7, 11) is 0. The number of nitro benzene ring substituents is 1. The molecule has 2 aromatic rings. The molecule has 0 bridgehead atoms. The summed E-state index contributed by atoms with van der Waals surface area (Å²) in [4.78, 5) is 26.2. The molecule has 1 heterocycles. The average molecular weight is 355 g/mol. The highest BCUT2D eigenvalue weighted by molar-refractivity contribution is 5.73. The van der Waals surface area contributed by atoms with Crippen molar-refractivity contribution in [2.75, 3.05) is 31.1 Å². The number of nitrogens with zero attached hydrogens (tertiary/aromatic N) is 3. The molecule has 1 aliphatic heterocycles. The molecule has 0 aliphatic carbocycles. The van der Waals surface area contributed by atoms with Crippen molar-refractivity contribution in [3.8, 4) is 5.75 Å². The van der Waals surface area contributed by atoms with Crippen molar-refractivity contribution < 1.29 is 14.5 Å². The lowest BCUT2D eigenvalue weighted by Gasteiger charge is -2.35. The van der Waals surface area contributed by atoms with E-state index in [1.54, 1.807) is 24.0 Å². The molecule has 3 rings (SSSR count). The normalized spacial score (nSPS) is 14.2. The van der Waals surface area contributed by atoms with Gasteiger partial charge in [-0.25, -0.2) is 0 Å². The van der Waals surface area contributed by atoms with Gasteiger partial charge < -0.3 is 14.5 Å². The molecule has 0 radical (unpaired) electrons. The lowest BCUT2D eigenvalue weighted by Crippen LogP contribution is -2.48. The van der Waals surface area contributed by atoms with Gasteiger partial charge in [0, 0.05) is 50.9 Å². The highest BCUT2D eigenvalue weighted by atomic mass is 16.6. The number of carbonyl (C=O) groups is 1.